The van der Waals surface area contributed by atoms with Gasteiger partial charge in [0.1, 0.15) is 0 Å². The summed E-state index contributed by atoms with van der Waals surface area (Å²) in [7, 11) is 0. The zero-order valence-electron chi connectivity index (χ0n) is 9.08. The van der Waals surface area contributed by atoms with E-state index in [1.807, 2.05) is 0 Å². The van der Waals surface area contributed by atoms with Crippen molar-refractivity contribution < 1.29 is 9.84 Å². The molecule has 0 saturated carbocycles. The third-order valence-corrected chi connectivity index (χ3v) is 4.53. The van der Waals surface area contributed by atoms with Crippen molar-refractivity contribution in [2.45, 2.75) is 30.8 Å². The van der Waals surface area contributed by atoms with Crippen molar-refractivity contribution >= 4 is 15.9 Å². The molecule has 1 fully saturated rings. The second kappa shape index (κ2) is 3.83. The molecule has 3 rings (SSSR count). The molecular formula is C13H15BrO2. The Morgan fingerprint density at radius 3 is 2.81 bits per heavy atom. The molecule has 2 aliphatic rings. The lowest BCUT2D eigenvalue weighted by Crippen LogP contribution is -2.41. The molecule has 1 aliphatic heterocycles. The summed E-state index contributed by atoms with van der Waals surface area (Å²) in [6, 6.07) is 6.39. The standard InChI is InChI=1S/C13H15BrO2/c14-10-1-2-11-9(7-10)8-12(15)13(11)3-5-16-6-4-13/h1-2,7,12,15H,3-6,8H2. The summed E-state index contributed by atoms with van der Waals surface area (Å²) in [5.74, 6) is 0. The quantitative estimate of drug-likeness (QED) is 0.792. The summed E-state index contributed by atoms with van der Waals surface area (Å²) in [6.07, 6.45) is 2.45. The van der Waals surface area contributed by atoms with Crippen LogP contribution in [-0.4, -0.2) is 24.4 Å². The van der Waals surface area contributed by atoms with Crippen LogP contribution >= 0.6 is 15.9 Å². The Hall–Kier alpha value is -0.380. The first-order valence-corrected chi connectivity index (χ1v) is 6.56. The van der Waals surface area contributed by atoms with Crippen molar-refractivity contribution in [2.75, 3.05) is 13.2 Å². The highest BCUT2D eigenvalue weighted by molar-refractivity contribution is 9.10. The van der Waals surface area contributed by atoms with Gasteiger partial charge in [0.15, 0.2) is 0 Å². The van der Waals surface area contributed by atoms with Gasteiger partial charge in [0.05, 0.1) is 6.10 Å². The molecule has 1 atom stereocenters. The van der Waals surface area contributed by atoms with Gasteiger partial charge < -0.3 is 9.84 Å². The summed E-state index contributed by atoms with van der Waals surface area (Å²) in [6.45, 7) is 1.54. The van der Waals surface area contributed by atoms with Crippen molar-refractivity contribution in [3.63, 3.8) is 0 Å². The van der Waals surface area contributed by atoms with Crippen LogP contribution in [0.3, 0.4) is 0 Å². The lowest BCUT2D eigenvalue weighted by atomic mass is 9.74. The van der Waals surface area contributed by atoms with E-state index in [-0.39, 0.29) is 11.5 Å². The molecule has 1 N–H and O–H groups in total. The minimum Gasteiger partial charge on any atom is -0.392 e. The van der Waals surface area contributed by atoms with Crippen molar-refractivity contribution in [3.05, 3.63) is 33.8 Å². The van der Waals surface area contributed by atoms with E-state index >= 15 is 0 Å². The van der Waals surface area contributed by atoms with Gasteiger partial charge in [0.2, 0.25) is 0 Å². The Labute approximate surface area is 104 Å². The maximum Gasteiger partial charge on any atom is 0.0678 e. The number of hydrogen-bond donors (Lipinski definition) is 1. The molecule has 3 heteroatoms. The second-order valence-corrected chi connectivity index (χ2v) is 5.71. The van der Waals surface area contributed by atoms with E-state index in [1.165, 1.54) is 11.1 Å². The topological polar surface area (TPSA) is 29.5 Å². The number of ether oxygens (including phenoxy) is 1. The van der Waals surface area contributed by atoms with E-state index in [2.05, 4.69) is 34.1 Å². The van der Waals surface area contributed by atoms with E-state index in [0.717, 1.165) is 36.9 Å². The Kier molecular flexibility index (Phi) is 2.57. The van der Waals surface area contributed by atoms with Gasteiger partial charge in [0, 0.05) is 23.1 Å². The minimum atomic E-state index is -0.235. The summed E-state index contributed by atoms with van der Waals surface area (Å²) in [5.41, 5.74) is 2.60. The monoisotopic (exact) mass is 282 g/mol. The van der Waals surface area contributed by atoms with Crippen molar-refractivity contribution in [1.29, 1.82) is 0 Å². The van der Waals surface area contributed by atoms with E-state index in [9.17, 15) is 5.11 Å². The smallest absolute Gasteiger partial charge is 0.0678 e. The largest absolute Gasteiger partial charge is 0.392 e. The normalized spacial score (nSPS) is 27.0. The molecule has 1 aliphatic carbocycles. The minimum absolute atomic E-state index is 0.0334. The Morgan fingerprint density at radius 2 is 2.06 bits per heavy atom. The van der Waals surface area contributed by atoms with E-state index in [0.29, 0.717) is 0 Å². The van der Waals surface area contributed by atoms with Crippen LogP contribution in [0, 0.1) is 0 Å². The zero-order chi connectivity index (χ0) is 11.2. The molecule has 1 unspecified atom stereocenters. The average molecular weight is 283 g/mol. The zero-order valence-corrected chi connectivity index (χ0v) is 10.7. The number of hydrogen-bond acceptors (Lipinski definition) is 2. The molecule has 1 aromatic carbocycles. The number of aliphatic hydroxyl groups excluding tert-OH is 1. The molecule has 1 spiro atoms. The predicted molar refractivity (Wildman–Crippen MR) is 65.6 cm³/mol. The third kappa shape index (κ3) is 1.45. The van der Waals surface area contributed by atoms with Crippen LogP contribution in [0.1, 0.15) is 24.0 Å². The van der Waals surface area contributed by atoms with E-state index < -0.39 is 0 Å². The predicted octanol–water partition coefficient (Wildman–Crippen LogP) is 2.41. The van der Waals surface area contributed by atoms with Gasteiger partial charge in [-0.1, -0.05) is 22.0 Å². The molecule has 2 nitrogen and oxygen atoms in total. The number of halogens is 1. The highest BCUT2D eigenvalue weighted by Gasteiger charge is 2.46. The van der Waals surface area contributed by atoms with Crippen LogP contribution in [0.5, 0.6) is 0 Å². The second-order valence-electron chi connectivity index (χ2n) is 4.79. The van der Waals surface area contributed by atoms with Crippen molar-refractivity contribution in [2.24, 2.45) is 0 Å². The van der Waals surface area contributed by atoms with Crippen LogP contribution in [-0.2, 0) is 16.6 Å². The molecule has 86 valence electrons. The Balaban J connectivity index is 2.07. The maximum atomic E-state index is 10.3. The SMILES string of the molecule is OC1Cc2cc(Br)ccc2C12CCOCC2. The fourth-order valence-electron chi connectivity index (χ4n) is 3.14. The molecule has 16 heavy (non-hydrogen) atoms. The van der Waals surface area contributed by atoms with Crippen molar-refractivity contribution in [1.82, 2.24) is 0 Å². The fourth-order valence-corrected chi connectivity index (χ4v) is 3.55. The van der Waals surface area contributed by atoms with Crippen LogP contribution in [0.4, 0.5) is 0 Å². The van der Waals surface area contributed by atoms with E-state index in [1.54, 1.807) is 0 Å². The van der Waals surface area contributed by atoms with Crippen LogP contribution in [0.2, 0.25) is 0 Å². The number of fused-ring (bicyclic) bond motifs is 2. The molecule has 0 radical (unpaired) electrons. The fraction of sp³-hybridized carbons (Fsp3) is 0.538. The molecule has 0 bridgehead atoms. The molecular weight excluding hydrogens is 268 g/mol. The summed E-state index contributed by atoms with van der Waals surface area (Å²) in [5, 5.41) is 10.3. The highest BCUT2D eigenvalue weighted by Crippen LogP contribution is 2.46. The lowest BCUT2D eigenvalue weighted by Gasteiger charge is -2.37. The van der Waals surface area contributed by atoms with Crippen molar-refractivity contribution in [3.8, 4) is 0 Å². The van der Waals surface area contributed by atoms with Gasteiger partial charge in [-0.15, -0.1) is 0 Å². The van der Waals surface area contributed by atoms with Gasteiger partial charge in [-0.25, -0.2) is 0 Å². The van der Waals surface area contributed by atoms with E-state index in [4.69, 9.17) is 4.74 Å². The van der Waals surface area contributed by atoms with Gasteiger partial charge in [-0.2, -0.15) is 0 Å². The molecule has 0 aromatic heterocycles. The summed E-state index contributed by atoms with van der Waals surface area (Å²) >= 11 is 3.49. The maximum absolute atomic E-state index is 10.3. The van der Waals surface area contributed by atoms with Gasteiger partial charge in [-0.3, -0.25) is 0 Å². The van der Waals surface area contributed by atoms with Crippen LogP contribution < -0.4 is 0 Å². The Morgan fingerprint density at radius 1 is 1.31 bits per heavy atom. The summed E-state index contributed by atoms with van der Waals surface area (Å²) in [4.78, 5) is 0. The lowest BCUT2D eigenvalue weighted by molar-refractivity contribution is -0.00631. The van der Waals surface area contributed by atoms with Crippen LogP contribution in [0.25, 0.3) is 0 Å². The van der Waals surface area contributed by atoms with Crippen LogP contribution in [0.15, 0.2) is 22.7 Å². The molecule has 0 amide bonds. The number of benzene rings is 1. The first kappa shape index (κ1) is 10.8. The molecule has 1 heterocycles. The average Bonchev–Trinajstić information content (AvgIpc) is 2.53. The molecule has 1 saturated heterocycles. The van der Waals surface area contributed by atoms with Gasteiger partial charge in [-0.05, 0) is 42.5 Å². The third-order valence-electron chi connectivity index (χ3n) is 4.04. The Bertz CT molecular complexity index is 410. The number of aliphatic hydroxyl groups is 1. The van der Waals surface area contributed by atoms with Gasteiger partial charge in [0.25, 0.3) is 0 Å². The first-order valence-electron chi connectivity index (χ1n) is 5.77. The number of rotatable bonds is 0. The highest BCUT2D eigenvalue weighted by atomic mass is 79.9. The summed E-state index contributed by atoms with van der Waals surface area (Å²) < 4.78 is 6.52. The first-order chi connectivity index (χ1) is 7.72. The van der Waals surface area contributed by atoms with Gasteiger partial charge >= 0.3 is 0 Å². The molecule has 1 aromatic rings.